The van der Waals surface area contributed by atoms with E-state index in [0.29, 0.717) is 6.04 Å². The van der Waals surface area contributed by atoms with Gasteiger partial charge in [-0.1, -0.05) is 12.1 Å². The second-order valence-corrected chi connectivity index (χ2v) is 5.22. The molecule has 100 valence electrons. The Hall–Kier alpha value is -1.06. The predicted octanol–water partition coefficient (Wildman–Crippen LogP) is 2.06. The lowest BCUT2D eigenvalue weighted by Crippen LogP contribution is -2.45. The Kier molecular flexibility index (Phi) is 5.02. The summed E-state index contributed by atoms with van der Waals surface area (Å²) in [6, 6.07) is 8.84. The summed E-state index contributed by atoms with van der Waals surface area (Å²) in [5, 5.41) is 3.57. The number of aryl methyl sites for hydroxylation is 1. The van der Waals surface area contributed by atoms with Crippen LogP contribution in [0.2, 0.25) is 0 Å². The number of hydrogen-bond acceptors (Lipinski definition) is 3. The molecule has 3 heteroatoms. The molecule has 0 aromatic heterocycles. The molecule has 0 aliphatic carbocycles. The van der Waals surface area contributed by atoms with E-state index in [1.807, 2.05) is 12.1 Å². The SMILES string of the molecule is Cc1cccc(OCCNC2CCCN(C)C2)c1. The van der Waals surface area contributed by atoms with Crippen molar-refractivity contribution >= 4 is 0 Å². The van der Waals surface area contributed by atoms with Gasteiger partial charge in [-0.2, -0.15) is 0 Å². The van der Waals surface area contributed by atoms with E-state index in [2.05, 4.69) is 36.3 Å². The minimum atomic E-state index is 0.629. The second kappa shape index (κ2) is 6.76. The zero-order valence-electron chi connectivity index (χ0n) is 11.5. The van der Waals surface area contributed by atoms with Crippen LogP contribution >= 0.6 is 0 Å². The van der Waals surface area contributed by atoms with Crippen LogP contribution in [0.1, 0.15) is 18.4 Å². The Labute approximate surface area is 110 Å². The first-order chi connectivity index (χ1) is 8.74. The molecule has 1 aliphatic rings. The van der Waals surface area contributed by atoms with Gasteiger partial charge in [-0.3, -0.25) is 0 Å². The Bertz CT molecular complexity index is 367. The number of likely N-dealkylation sites (tertiary alicyclic amines) is 1. The molecule has 1 fully saturated rings. The van der Waals surface area contributed by atoms with Crippen molar-refractivity contribution in [2.75, 3.05) is 33.3 Å². The van der Waals surface area contributed by atoms with Gasteiger partial charge in [0.2, 0.25) is 0 Å². The molecule has 1 heterocycles. The van der Waals surface area contributed by atoms with E-state index >= 15 is 0 Å². The zero-order chi connectivity index (χ0) is 12.8. The van der Waals surface area contributed by atoms with Crippen LogP contribution in [0.15, 0.2) is 24.3 Å². The van der Waals surface area contributed by atoms with Crippen molar-refractivity contribution in [3.8, 4) is 5.75 Å². The van der Waals surface area contributed by atoms with Crippen molar-refractivity contribution in [1.82, 2.24) is 10.2 Å². The maximum atomic E-state index is 5.73. The highest BCUT2D eigenvalue weighted by atomic mass is 16.5. The fraction of sp³-hybridized carbons (Fsp3) is 0.600. The van der Waals surface area contributed by atoms with Gasteiger partial charge in [0, 0.05) is 19.1 Å². The molecule has 1 aromatic carbocycles. The summed E-state index contributed by atoms with van der Waals surface area (Å²) >= 11 is 0. The fourth-order valence-electron chi connectivity index (χ4n) is 2.47. The smallest absolute Gasteiger partial charge is 0.119 e. The third-order valence-electron chi connectivity index (χ3n) is 3.42. The monoisotopic (exact) mass is 248 g/mol. The van der Waals surface area contributed by atoms with Crippen molar-refractivity contribution in [1.29, 1.82) is 0 Å². The first-order valence-electron chi connectivity index (χ1n) is 6.85. The van der Waals surface area contributed by atoms with Crippen LogP contribution < -0.4 is 10.1 Å². The van der Waals surface area contributed by atoms with Crippen molar-refractivity contribution < 1.29 is 4.74 Å². The van der Waals surface area contributed by atoms with Crippen molar-refractivity contribution in [2.45, 2.75) is 25.8 Å². The highest BCUT2D eigenvalue weighted by Gasteiger charge is 2.15. The van der Waals surface area contributed by atoms with Gasteiger partial charge in [0.05, 0.1) is 0 Å². The molecule has 1 atom stereocenters. The van der Waals surface area contributed by atoms with Crippen LogP contribution in [0.25, 0.3) is 0 Å². The van der Waals surface area contributed by atoms with Crippen LogP contribution in [-0.4, -0.2) is 44.2 Å². The molecule has 1 unspecified atom stereocenters. The summed E-state index contributed by atoms with van der Waals surface area (Å²) < 4.78 is 5.73. The summed E-state index contributed by atoms with van der Waals surface area (Å²) in [4.78, 5) is 2.39. The molecule has 0 spiro atoms. The van der Waals surface area contributed by atoms with Gasteiger partial charge in [-0.15, -0.1) is 0 Å². The van der Waals surface area contributed by atoms with E-state index in [4.69, 9.17) is 4.74 Å². The molecule has 1 N–H and O–H groups in total. The molecule has 0 bridgehead atoms. The Balaban J connectivity index is 1.64. The summed E-state index contributed by atoms with van der Waals surface area (Å²) in [6.45, 7) is 6.14. The highest BCUT2D eigenvalue weighted by Crippen LogP contribution is 2.12. The zero-order valence-corrected chi connectivity index (χ0v) is 11.5. The van der Waals surface area contributed by atoms with Crippen LogP contribution in [0.5, 0.6) is 5.75 Å². The van der Waals surface area contributed by atoms with Gasteiger partial charge in [0.15, 0.2) is 0 Å². The molecule has 1 saturated heterocycles. The minimum absolute atomic E-state index is 0.629. The van der Waals surface area contributed by atoms with Crippen LogP contribution in [-0.2, 0) is 0 Å². The quantitative estimate of drug-likeness (QED) is 0.807. The van der Waals surface area contributed by atoms with E-state index in [9.17, 15) is 0 Å². The van der Waals surface area contributed by atoms with Crippen LogP contribution in [0.3, 0.4) is 0 Å². The molecule has 1 aliphatic heterocycles. The van der Waals surface area contributed by atoms with Gasteiger partial charge < -0.3 is 15.0 Å². The third-order valence-corrected chi connectivity index (χ3v) is 3.42. The van der Waals surface area contributed by atoms with Crippen molar-refractivity contribution in [3.63, 3.8) is 0 Å². The normalized spacial score (nSPS) is 20.9. The topological polar surface area (TPSA) is 24.5 Å². The molecule has 0 radical (unpaired) electrons. The summed E-state index contributed by atoms with van der Waals surface area (Å²) in [5.74, 6) is 0.970. The van der Waals surface area contributed by atoms with Crippen molar-refractivity contribution in [3.05, 3.63) is 29.8 Å². The second-order valence-electron chi connectivity index (χ2n) is 5.22. The molecule has 0 saturated carbocycles. The maximum Gasteiger partial charge on any atom is 0.119 e. The van der Waals surface area contributed by atoms with Gasteiger partial charge in [0.25, 0.3) is 0 Å². The Morgan fingerprint density at radius 3 is 3.11 bits per heavy atom. The van der Waals surface area contributed by atoms with Gasteiger partial charge >= 0.3 is 0 Å². The van der Waals surface area contributed by atoms with E-state index in [0.717, 1.165) is 25.4 Å². The number of benzene rings is 1. The molecule has 3 nitrogen and oxygen atoms in total. The predicted molar refractivity (Wildman–Crippen MR) is 75.2 cm³/mol. The average Bonchev–Trinajstić information content (AvgIpc) is 2.35. The summed E-state index contributed by atoms with van der Waals surface area (Å²) in [5.41, 5.74) is 1.24. The minimum Gasteiger partial charge on any atom is -0.492 e. The lowest BCUT2D eigenvalue weighted by Gasteiger charge is -2.30. The molecular formula is C15H24N2O. The first-order valence-corrected chi connectivity index (χ1v) is 6.85. The number of nitrogens with one attached hydrogen (secondary N) is 1. The van der Waals surface area contributed by atoms with Crippen molar-refractivity contribution in [2.24, 2.45) is 0 Å². The molecule has 1 aromatic rings. The Morgan fingerprint density at radius 1 is 1.44 bits per heavy atom. The number of hydrogen-bond donors (Lipinski definition) is 1. The van der Waals surface area contributed by atoms with Crippen LogP contribution in [0.4, 0.5) is 0 Å². The summed E-state index contributed by atoms with van der Waals surface area (Å²) in [7, 11) is 2.19. The largest absolute Gasteiger partial charge is 0.492 e. The van der Waals surface area contributed by atoms with Gasteiger partial charge in [0.1, 0.15) is 12.4 Å². The fourth-order valence-corrected chi connectivity index (χ4v) is 2.47. The Morgan fingerprint density at radius 2 is 2.33 bits per heavy atom. The number of ether oxygens (including phenoxy) is 1. The number of piperidine rings is 1. The maximum absolute atomic E-state index is 5.73. The van der Waals surface area contributed by atoms with E-state index in [1.54, 1.807) is 0 Å². The lowest BCUT2D eigenvalue weighted by molar-refractivity contribution is 0.217. The lowest BCUT2D eigenvalue weighted by atomic mass is 10.1. The van der Waals surface area contributed by atoms with Crippen LogP contribution in [0, 0.1) is 6.92 Å². The highest BCUT2D eigenvalue weighted by molar-refractivity contribution is 5.27. The average molecular weight is 248 g/mol. The standard InChI is InChI=1S/C15H24N2O/c1-13-5-3-7-15(11-13)18-10-8-16-14-6-4-9-17(2)12-14/h3,5,7,11,14,16H,4,6,8-10,12H2,1-2H3. The molecule has 0 amide bonds. The van der Waals surface area contributed by atoms with E-state index < -0.39 is 0 Å². The molecule has 18 heavy (non-hydrogen) atoms. The molecular weight excluding hydrogens is 224 g/mol. The number of nitrogens with zero attached hydrogens (tertiary/aromatic N) is 1. The number of likely N-dealkylation sites (N-methyl/N-ethyl adjacent to an activating group) is 1. The van der Waals surface area contributed by atoms with E-state index in [1.165, 1.54) is 24.9 Å². The third kappa shape index (κ3) is 4.31. The van der Waals surface area contributed by atoms with Gasteiger partial charge in [-0.05, 0) is 51.1 Å². The van der Waals surface area contributed by atoms with E-state index in [-0.39, 0.29) is 0 Å². The number of rotatable bonds is 5. The molecule has 2 rings (SSSR count). The summed E-state index contributed by atoms with van der Waals surface area (Å²) in [6.07, 6.45) is 2.59. The first kappa shape index (κ1) is 13.4. The van der Waals surface area contributed by atoms with Gasteiger partial charge in [-0.25, -0.2) is 0 Å².